The van der Waals surface area contributed by atoms with Gasteiger partial charge < -0.3 is 15.1 Å². The van der Waals surface area contributed by atoms with Gasteiger partial charge in [0.05, 0.1) is 17.0 Å². The van der Waals surface area contributed by atoms with Crippen LogP contribution in [0, 0.1) is 23.7 Å². The van der Waals surface area contributed by atoms with Gasteiger partial charge in [0.25, 0.3) is 5.89 Å². The fourth-order valence-corrected chi connectivity index (χ4v) is 3.45. The highest BCUT2D eigenvalue weighted by Gasteiger charge is 2.42. The lowest BCUT2D eigenvalue weighted by molar-refractivity contribution is 0.582. The van der Waals surface area contributed by atoms with Gasteiger partial charge in [0.15, 0.2) is 0 Å². The van der Waals surface area contributed by atoms with Gasteiger partial charge in [-0.15, -0.1) is 5.10 Å². The molecule has 164 valence electrons. The van der Waals surface area contributed by atoms with Gasteiger partial charge in [-0.25, -0.2) is 4.98 Å². The Hall–Kier alpha value is -3.14. The summed E-state index contributed by atoms with van der Waals surface area (Å²) in [6, 6.07) is 9.06. The Labute approximate surface area is 184 Å². The summed E-state index contributed by atoms with van der Waals surface area (Å²) in [5, 5.41) is 24.9. The predicted octanol–water partition coefficient (Wildman–Crippen LogP) is 5.67. The van der Waals surface area contributed by atoms with Crippen LogP contribution in [0.15, 0.2) is 22.6 Å². The Bertz CT molecular complexity index is 1120. The minimum Gasteiger partial charge on any atom is -0.402 e. The van der Waals surface area contributed by atoms with E-state index in [2.05, 4.69) is 66.7 Å². The van der Waals surface area contributed by atoms with E-state index in [1.54, 1.807) is 7.05 Å². The highest BCUT2D eigenvalue weighted by Crippen LogP contribution is 2.45. The number of hydrogen-bond acceptors (Lipinski definition) is 7. The van der Waals surface area contributed by atoms with Gasteiger partial charge >= 0.3 is 6.01 Å². The molecule has 0 saturated heterocycles. The van der Waals surface area contributed by atoms with Crippen molar-refractivity contribution in [1.82, 2.24) is 15.2 Å². The maximum absolute atomic E-state index is 9.37. The van der Waals surface area contributed by atoms with Crippen LogP contribution in [0.4, 0.5) is 11.7 Å². The van der Waals surface area contributed by atoms with E-state index in [1.165, 1.54) is 0 Å². The number of aryl methyl sites for hydroxylation is 1. The molecule has 1 aliphatic carbocycles. The van der Waals surface area contributed by atoms with E-state index < -0.39 is 0 Å². The standard InChI is InChI=1S/C22H26N6O.C2H6/c1-13-8-17(19-27-28-20(24-5)29-19)26-18-15(13)9-14(10-16(18)21(2,3)4)25-12-22(11-23)6-7-22;1-2/h8-10,25H,6-7,12H2,1-5H3,(H,24,28);1-2H3. The van der Waals surface area contributed by atoms with Crippen molar-refractivity contribution in [1.29, 1.82) is 5.26 Å². The fraction of sp³-hybridized carbons (Fsp3) is 0.500. The first kappa shape index (κ1) is 22.5. The number of anilines is 2. The number of pyridine rings is 1. The van der Waals surface area contributed by atoms with Crippen molar-refractivity contribution < 1.29 is 4.42 Å². The molecule has 7 nitrogen and oxygen atoms in total. The molecule has 1 saturated carbocycles. The maximum Gasteiger partial charge on any atom is 0.315 e. The second-order valence-corrected chi connectivity index (χ2v) is 8.90. The molecule has 0 spiro atoms. The van der Waals surface area contributed by atoms with Crippen LogP contribution < -0.4 is 10.6 Å². The molecule has 1 aliphatic rings. The molecule has 7 heteroatoms. The van der Waals surface area contributed by atoms with E-state index in [1.807, 2.05) is 19.9 Å². The van der Waals surface area contributed by atoms with Gasteiger partial charge in [0, 0.05) is 24.7 Å². The minimum atomic E-state index is -0.197. The quantitative estimate of drug-likeness (QED) is 0.548. The van der Waals surface area contributed by atoms with Crippen molar-refractivity contribution in [3.05, 3.63) is 29.3 Å². The van der Waals surface area contributed by atoms with Crippen molar-refractivity contribution in [3.8, 4) is 17.7 Å². The Morgan fingerprint density at radius 1 is 1.16 bits per heavy atom. The summed E-state index contributed by atoms with van der Waals surface area (Å²) in [5.74, 6) is 0.395. The number of fused-ring (bicyclic) bond motifs is 1. The van der Waals surface area contributed by atoms with E-state index in [-0.39, 0.29) is 10.8 Å². The van der Waals surface area contributed by atoms with Gasteiger partial charge in [0.2, 0.25) is 0 Å². The summed E-state index contributed by atoms with van der Waals surface area (Å²) in [7, 11) is 1.74. The first-order valence-electron chi connectivity index (χ1n) is 10.9. The highest BCUT2D eigenvalue weighted by atomic mass is 16.4. The molecule has 0 unspecified atom stereocenters. The first-order chi connectivity index (χ1) is 14.7. The predicted molar refractivity (Wildman–Crippen MR) is 125 cm³/mol. The molecule has 3 aromatic rings. The number of aromatic nitrogens is 3. The zero-order chi connectivity index (χ0) is 22.8. The van der Waals surface area contributed by atoms with E-state index >= 15 is 0 Å². The normalized spacial score (nSPS) is 14.4. The first-order valence-corrected chi connectivity index (χ1v) is 10.9. The molecule has 0 bridgehead atoms. The number of nitrogens with zero attached hydrogens (tertiary/aromatic N) is 4. The summed E-state index contributed by atoms with van der Waals surface area (Å²) in [4.78, 5) is 4.89. The van der Waals surface area contributed by atoms with E-state index in [4.69, 9.17) is 9.40 Å². The van der Waals surface area contributed by atoms with Crippen molar-refractivity contribution in [2.45, 2.75) is 59.8 Å². The van der Waals surface area contributed by atoms with Crippen molar-refractivity contribution in [2.75, 3.05) is 24.2 Å². The topological polar surface area (TPSA) is 99.7 Å². The highest BCUT2D eigenvalue weighted by molar-refractivity contribution is 5.90. The summed E-state index contributed by atoms with van der Waals surface area (Å²) in [6.07, 6.45) is 1.94. The summed E-state index contributed by atoms with van der Waals surface area (Å²) >= 11 is 0. The van der Waals surface area contributed by atoms with Gasteiger partial charge in [0.1, 0.15) is 5.69 Å². The molecule has 2 aromatic heterocycles. The SMILES string of the molecule is CC.CNc1nnc(-c2cc(C)c3cc(NCC4(C#N)CC4)cc(C(C)(C)C)c3n2)o1. The molecule has 1 aromatic carbocycles. The lowest BCUT2D eigenvalue weighted by Gasteiger charge is -2.23. The molecular formula is C24H32N6O. The van der Waals surface area contributed by atoms with Gasteiger partial charge in [-0.2, -0.15) is 5.26 Å². The molecule has 0 aliphatic heterocycles. The van der Waals surface area contributed by atoms with Crippen LogP contribution in [0.5, 0.6) is 0 Å². The van der Waals surface area contributed by atoms with E-state index in [9.17, 15) is 5.26 Å². The Kier molecular flexibility index (Phi) is 6.21. The molecule has 2 heterocycles. The number of rotatable bonds is 5. The zero-order valence-corrected chi connectivity index (χ0v) is 19.6. The maximum atomic E-state index is 9.37. The second kappa shape index (κ2) is 8.54. The molecule has 31 heavy (non-hydrogen) atoms. The van der Waals surface area contributed by atoms with E-state index in [0.717, 1.165) is 40.6 Å². The second-order valence-electron chi connectivity index (χ2n) is 8.90. The van der Waals surface area contributed by atoms with Crippen LogP contribution in [0.1, 0.15) is 58.6 Å². The lowest BCUT2D eigenvalue weighted by Crippen LogP contribution is -2.16. The van der Waals surface area contributed by atoms with Crippen LogP contribution in [0.3, 0.4) is 0 Å². The molecule has 2 N–H and O–H groups in total. The summed E-state index contributed by atoms with van der Waals surface area (Å²) in [5.41, 5.74) is 4.54. The zero-order valence-electron chi connectivity index (χ0n) is 19.6. The van der Waals surface area contributed by atoms with Crippen LogP contribution >= 0.6 is 0 Å². The Balaban J connectivity index is 0.00000132. The monoisotopic (exact) mass is 420 g/mol. The van der Waals surface area contributed by atoms with Crippen molar-refractivity contribution in [2.24, 2.45) is 5.41 Å². The molecule has 0 amide bonds. The Morgan fingerprint density at radius 2 is 1.87 bits per heavy atom. The molecule has 1 fully saturated rings. The van der Waals surface area contributed by atoms with Crippen molar-refractivity contribution in [3.63, 3.8) is 0 Å². The van der Waals surface area contributed by atoms with Gasteiger partial charge in [-0.3, -0.25) is 0 Å². The Morgan fingerprint density at radius 3 is 2.42 bits per heavy atom. The molecule has 4 rings (SSSR count). The van der Waals surface area contributed by atoms with E-state index in [0.29, 0.717) is 24.1 Å². The average molecular weight is 421 g/mol. The number of nitrogens with one attached hydrogen (secondary N) is 2. The number of benzene rings is 1. The fourth-order valence-electron chi connectivity index (χ4n) is 3.45. The molecule has 0 radical (unpaired) electrons. The third-order valence-electron chi connectivity index (χ3n) is 5.51. The largest absolute Gasteiger partial charge is 0.402 e. The number of nitriles is 1. The number of hydrogen-bond donors (Lipinski definition) is 2. The summed E-state index contributed by atoms with van der Waals surface area (Å²) < 4.78 is 5.63. The van der Waals surface area contributed by atoms with Crippen molar-refractivity contribution >= 4 is 22.6 Å². The van der Waals surface area contributed by atoms with Crippen LogP contribution in [-0.4, -0.2) is 28.8 Å². The van der Waals surface area contributed by atoms with Crippen LogP contribution in [0.25, 0.3) is 22.5 Å². The third kappa shape index (κ3) is 4.63. The molecular weight excluding hydrogens is 388 g/mol. The van der Waals surface area contributed by atoms with Crippen LogP contribution in [0.2, 0.25) is 0 Å². The smallest absolute Gasteiger partial charge is 0.315 e. The lowest BCUT2D eigenvalue weighted by atomic mass is 9.84. The van der Waals surface area contributed by atoms with Gasteiger partial charge in [-0.1, -0.05) is 39.7 Å². The third-order valence-corrected chi connectivity index (χ3v) is 5.51. The van der Waals surface area contributed by atoms with Crippen LogP contribution in [-0.2, 0) is 5.41 Å². The average Bonchev–Trinajstić information content (AvgIpc) is 3.38. The molecule has 0 atom stereocenters. The van der Waals surface area contributed by atoms with Gasteiger partial charge in [-0.05, 0) is 54.5 Å². The summed E-state index contributed by atoms with van der Waals surface area (Å²) in [6.45, 7) is 13.3. The minimum absolute atomic E-state index is 0.106.